The van der Waals surface area contributed by atoms with Crippen LogP contribution >= 0.6 is 0 Å². The van der Waals surface area contributed by atoms with Gasteiger partial charge in [-0.2, -0.15) is 0 Å². The lowest BCUT2D eigenvalue weighted by atomic mass is 10.1. The van der Waals surface area contributed by atoms with Crippen LogP contribution in [0.2, 0.25) is 0 Å². The van der Waals surface area contributed by atoms with Crippen molar-refractivity contribution in [3.63, 3.8) is 0 Å². The van der Waals surface area contributed by atoms with E-state index in [-0.39, 0.29) is 11.8 Å². The highest BCUT2D eigenvalue weighted by atomic mass is 16.2. The number of amides is 2. The van der Waals surface area contributed by atoms with Gasteiger partial charge in [-0.3, -0.25) is 9.59 Å². The van der Waals surface area contributed by atoms with Gasteiger partial charge in [-0.05, 0) is 36.6 Å². The molecule has 2 N–H and O–H groups in total. The van der Waals surface area contributed by atoms with E-state index in [2.05, 4.69) is 16.4 Å². The first kappa shape index (κ1) is 16.4. The van der Waals surface area contributed by atoms with Gasteiger partial charge < -0.3 is 15.2 Å². The summed E-state index contributed by atoms with van der Waals surface area (Å²) < 4.78 is 0. The van der Waals surface area contributed by atoms with Crippen molar-refractivity contribution in [2.24, 2.45) is 0 Å². The number of aromatic nitrogens is 1. The van der Waals surface area contributed by atoms with E-state index in [4.69, 9.17) is 0 Å². The van der Waals surface area contributed by atoms with Crippen LogP contribution in [0.25, 0.3) is 10.9 Å². The largest absolute Gasteiger partial charge is 0.361 e. The highest BCUT2D eigenvalue weighted by molar-refractivity contribution is 6.01. The van der Waals surface area contributed by atoms with E-state index in [1.165, 1.54) is 10.9 Å². The van der Waals surface area contributed by atoms with E-state index >= 15 is 0 Å². The number of H-pyrrole nitrogens is 1. The summed E-state index contributed by atoms with van der Waals surface area (Å²) in [7, 11) is 0. The molecule has 0 saturated carbocycles. The monoisotopic (exact) mass is 347 g/mol. The number of hydrogen-bond donors (Lipinski definition) is 2. The van der Waals surface area contributed by atoms with E-state index in [0.717, 1.165) is 17.5 Å². The zero-order chi connectivity index (χ0) is 18.1. The quantitative estimate of drug-likeness (QED) is 0.745. The van der Waals surface area contributed by atoms with Crippen LogP contribution in [0.5, 0.6) is 0 Å². The maximum atomic E-state index is 12.5. The third-order valence-electron chi connectivity index (χ3n) is 5.06. The van der Waals surface area contributed by atoms with Crippen LogP contribution in [0, 0.1) is 0 Å². The van der Waals surface area contributed by atoms with Gasteiger partial charge in [0.05, 0.1) is 0 Å². The molecule has 4 rings (SSSR count). The molecule has 1 aliphatic heterocycles. The molecule has 1 unspecified atom stereocenters. The normalized spacial score (nSPS) is 14.5. The molecule has 2 aromatic carbocycles. The minimum atomic E-state index is -0.488. The third-order valence-corrected chi connectivity index (χ3v) is 5.06. The van der Waals surface area contributed by atoms with Gasteiger partial charge in [-0.15, -0.1) is 0 Å². The van der Waals surface area contributed by atoms with Crippen LogP contribution in [-0.4, -0.2) is 34.3 Å². The zero-order valence-electron chi connectivity index (χ0n) is 14.7. The molecule has 2 heterocycles. The molecule has 1 aliphatic rings. The molecule has 0 saturated heterocycles. The second-order valence-electron chi connectivity index (χ2n) is 6.67. The molecule has 1 atom stereocenters. The van der Waals surface area contributed by atoms with Gasteiger partial charge in [-0.1, -0.05) is 36.4 Å². The van der Waals surface area contributed by atoms with E-state index in [9.17, 15) is 9.59 Å². The number of para-hydroxylation sites is 1. The number of carbonyl (C=O) groups is 2. The first-order chi connectivity index (χ1) is 12.6. The van der Waals surface area contributed by atoms with Crippen molar-refractivity contribution in [3.05, 3.63) is 71.4 Å². The van der Waals surface area contributed by atoms with E-state index < -0.39 is 6.04 Å². The minimum Gasteiger partial charge on any atom is -0.361 e. The Hall–Kier alpha value is -3.08. The maximum absolute atomic E-state index is 12.5. The molecule has 0 radical (unpaired) electrons. The molecule has 0 bridgehead atoms. The van der Waals surface area contributed by atoms with Crippen molar-refractivity contribution >= 4 is 22.7 Å². The van der Waals surface area contributed by atoms with Crippen LogP contribution in [-0.2, 0) is 17.8 Å². The van der Waals surface area contributed by atoms with E-state index in [1.54, 1.807) is 11.8 Å². The van der Waals surface area contributed by atoms with Crippen molar-refractivity contribution in [1.82, 2.24) is 15.2 Å². The van der Waals surface area contributed by atoms with Crippen LogP contribution in [0.3, 0.4) is 0 Å². The first-order valence-corrected chi connectivity index (χ1v) is 8.87. The molecule has 0 aliphatic carbocycles. The molecule has 26 heavy (non-hydrogen) atoms. The molecule has 0 fully saturated rings. The van der Waals surface area contributed by atoms with Gasteiger partial charge in [0.15, 0.2) is 0 Å². The number of nitrogens with zero attached hydrogens (tertiary/aromatic N) is 1. The third kappa shape index (κ3) is 2.86. The molecule has 1 aromatic heterocycles. The van der Waals surface area contributed by atoms with Crippen LogP contribution in [0.1, 0.15) is 28.4 Å². The fourth-order valence-corrected chi connectivity index (χ4v) is 3.54. The number of aromatic amines is 1. The Bertz CT molecular complexity index is 976. The van der Waals surface area contributed by atoms with Crippen molar-refractivity contribution < 1.29 is 9.59 Å². The Morgan fingerprint density at radius 3 is 2.81 bits per heavy atom. The number of carbonyl (C=O) groups excluding carboxylic acids is 2. The number of hydrogen-bond acceptors (Lipinski definition) is 2. The number of nitrogens with one attached hydrogen (secondary N) is 2. The lowest BCUT2D eigenvalue weighted by molar-refractivity contribution is -0.125. The lowest BCUT2D eigenvalue weighted by Gasteiger charge is -2.23. The Morgan fingerprint density at radius 1 is 1.19 bits per heavy atom. The van der Waals surface area contributed by atoms with Gasteiger partial charge in [0.25, 0.3) is 5.91 Å². The predicted molar refractivity (Wildman–Crippen MR) is 101 cm³/mol. The second-order valence-corrected chi connectivity index (χ2v) is 6.67. The molecular weight excluding hydrogens is 326 g/mol. The molecule has 0 spiro atoms. The summed E-state index contributed by atoms with van der Waals surface area (Å²) in [5, 5.41) is 4.14. The van der Waals surface area contributed by atoms with Crippen molar-refractivity contribution in [1.29, 1.82) is 0 Å². The first-order valence-electron chi connectivity index (χ1n) is 8.87. The average Bonchev–Trinajstić information content (AvgIpc) is 3.23. The second kappa shape index (κ2) is 6.67. The van der Waals surface area contributed by atoms with Crippen molar-refractivity contribution in [3.8, 4) is 0 Å². The molecule has 5 heteroatoms. The summed E-state index contributed by atoms with van der Waals surface area (Å²) in [6, 6.07) is 15.2. The highest BCUT2D eigenvalue weighted by Gasteiger charge is 2.33. The average molecular weight is 347 g/mol. The van der Waals surface area contributed by atoms with Crippen LogP contribution in [0.4, 0.5) is 0 Å². The molecule has 3 aromatic rings. The zero-order valence-corrected chi connectivity index (χ0v) is 14.7. The van der Waals surface area contributed by atoms with Crippen LogP contribution < -0.4 is 5.32 Å². The highest BCUT2D eigenvalue weighted by Crippen LogP contribution is 2.24. The smallest absolute Gasteiger partial charge is 0.255 e. The van der Waals surface area contributed by atoms with E-state index in [0.29, 0.717) is 18.7 Å². The lowest BCUT2D eigenvalue weighted by Crippen LogP contribution is -2.45. The topological polar surface area (TPSA) is 65.2 Å². The SMILES string of the molecule is CC(C(=O)NCCc1c[nH]c2ccccc12)N1Cc2ccccc2C1=O. The fourth-order valence-electron chi connectivity index (χ4n) is 3.54. The van der Waals surface area contributed by atoms with Gasteiger partial charge in [0, 0.05) is 35.8 Å². The number of fused-ring (bicyclic) bond motifs is 2. The maximum Gasteiger partial charge on any atom is 0.255 e. The summed E-state index contributed by atoms with van der Waals surface area (Å²) in [5.74, 6) is -0.189. The summed E-state index contributed by atoms with van der Waals surface area (Å²) >= 11 is 0. The summed E-state index contributed by atoms with van der Waals surface area (Å²) in [5.41, 5.74) is 3.96. The van der Waals surface area contributed by atoms with Crippen LogP contribution in [0.15, 0.2) is 54.7 Å². The Kier molecular flexibility index (Phi) is 4.21. The Morgan fingerprint density at radius 2 is 1.96 bits per heavy atom. The summed E-state index contributed by atoms with van der Waals surface area (Å²) in [6.07, 6.45) is 2.73. The summed E-state index contributed by atoms with van der Waals surface area (Å²) in [4.78, 5) is 29.9. The van der Waals surface area contributed by atoms with Gasteiger partial charge in [0.1, 0.15) is 6.04 Å². The number of rotatable bonds is 5. The van der Waals surface area contributed by atoms with E-state index in [1.807, 2.05) is 48.7 Å². The molecule has 5 nitrogen and oxygen atoms in total. The standard InChI is InChI=1S/C21H21N3O2/c1-14(24-13-16-6-2-3-8-18(16)21(24)26)20(25)22-11-10-15-12-23-19-9-5-4-7-17(15)19/h2-9,12,14,23H,10-11,13H2,1H3,(H,22,25). The predicted octanol–water partition coefficient (Wildman–Crippen LogP) is 2.87. The number of benzene rings is 2. The molecule has 2 amide bonds. The Balaban J connectivity index is 1.36. The van der Waals surface area contributed by atoms with Gasteiger partial charge in [-0.25, -0.2) is 0 Å². The minimum absolute atomic E-state index is 0.0696. The Labute approximate surface area is 152 Å². The summed E-state index contributed by atoms with van der Waals surface area (Å²) in [6.45, 7) is 2.82. The van der Waals surface area contributed by atoms with Crippen molar-refractivity contribution in [2.45, 2.75) is 25.9 Å². The van der Waals surface area contributed by atoms with Gasteiger partial charge in [0.2, 0.25) is 5.91 Å². The van der Waals surface area contributed by atoms with Gasteiger partial charge >= 0.3 is 0 Å². The molecular formula is C21H21N3O2. The van der Waals surface area contributed by atoms with Crippen molar-refractivity contribution in [2.75, 3.05) is 6.54 Å². The molecule has 132 valence electrons. The fraction of sp³-hybridized carbons (Fsp3) is 0.238.